The van der Waals surface area contributed by atoms with Crippen molar-refractivity contribution < 1.29 is 0 Å². The third-order valence-corrected chi connectivity index (χ3v) is 13.1. The normalized spacial score (nSPS) is 12.0. The Balaban J connectivity index is 1.15. The van der Waals surface area contributed by atoms with Crippen molar-refractivity contribution in [3.05, 3.63) is 58.7 Å². The van der Waals surface area contributed by atoms with Gasteiger partial charge in [-0.3, -0.25) is 0 Å². The fourth-order valence-electron chi connectivity index (χ4n) is 9.66. The Kier molecular flexibility index (Phi) is 22.7. The molecule has 4 aromatic rings. The van der Waals surface area contributed by atoms with E-state index in [1.54, 1.807) is 21.9 Å². The summed E-state index contributed by atoms with van der Waals surface area (Å²) in [5, 5.41) is 9.08. The molecule has 0 N–H and O–H groups in total. The van der Waals surface area contributed by atoms with E-state index < -0.39 is 0 Å². The fourth-order valence-corrected chi connectivity index (χ4v) is 9.66. The molecule has 0 heterocycles. The van der Waals surface area contributed by atoms with E-state index in [9.17, 15) is 0 Å². The highest BCUT2D eigenvalue weighted by Gasteiger charge is 2.16. The van der Waals surface area contributed by atoms with Crippen molar-refractivity contribution in [1.29, 1.82) is 0 Å². The summed E-state index contributed by atoms with van der Waals surface area (Å²) in [6.45, 7) is 9.33. The van der Waals surface area contributed by atoms with Gasteiger partial charge in [0.2, 0.25) is 0 Å². The summed E-state index contributed by atoms with van der Waals surface area (Å²) < 4.78 is 0. The number of aryl methyl sites for hydroxylation is 4. The van der Waals surface area contributed by atoms with Gasteiger partial charge in [-0.15, -0.1) is 0 Å². The number of rotatable bonds is 34. The molecule has 0 spiro atoms. The third kappa shape index (κ3) is 15.5. The van der Waals surface area contributed by atoms with Gasteiger partial charge in [-0.2, -0.15) is 0 Å². The van der Waals surface area contributed by atoms with Crippen molar-refractivity contribution in [3.63, 3.8) is 0 Å². The molecule has 302 valence electrons. The van der Waals surface area contributed by atoms with E-state index in [4.69, 9.17) is 0 Å². The molecular weight excluding hydrogens is 649 g/mol. The van der Waals surface area contributed by atoms with Gasteiger partial charge in [0.15, 0.2) is 0 Å². The number of benzene rings is 4. The summed E-state index contributed by atoms with van der Waals surface area (Å²) in [6, 6.07) is 14.9. The lowest BCUT2D eigenvalue weighted by molar-refractivity contribution is 0.529. The standard InChI is InChI=1S/C54H86/c1-5-7-9-11-13-15-17-19-21-23-25-27-29-31-33-35-37-47-43-45(3)49-39-40-50-46(4)44-48(52-42-41-51(47)53(49)54(50)52)38-36-34-32-30-28-26-24-22-20-18-16-14-12-10-8-6-2/h39-44H,5-38H2,1-4H3. The highest BCUT2D eigenvalue weighted by molar-refractivity contribution is 6.25. The molecule has 0 bridgehead atoms. The lowest BCUT2D eigenvalue weighted by atomic mass is 9.85. The van der Waals surface area contributed by atoms with Crippen LogP contribution < -0.4 is 0 Å². The van der Waals surface area contributed by atoms with Gasteiger partial charge >= 0.3 is 0 Å². The van der Waals surface area contributed by atoms with E-state index in [-0.39, 0.29) is 0 Å². The zero-order valence-corrected chi connectivity index (χ0v) is 36.5. The van der Waals surface area contributed by atoms with E-state index in [2.05, 4.69) is 64.1 Å². The summed E-state index contributed by atoms with van der Waals surface area (Å²) in [7, 11) is 0. The zero-order chi connectivity index (χ0) is 38.1. The summed E-state index contributed by atoms with van der Waals surface area (Å²) in [6.07, 6.45) is 48.3. The van der Waals surface area contributed by atoms with Crippen molar-refractivity contribution in [3.8, 4) is 0 Å². The first-order chi connectivity index (χ1) is 26.7. The van der Waals surface area contributed by atoms with Crippen LogP contribution in [0.3, 0.4) is 0 Å². The van der Waals surface area contributed by atoms with Crippen LogP contribution in [0.5, 0.6) is 0 Å². The topological polar surface area (TPSA) is 0 Å². The molecule has 0 amide bonds. The molecule has 0 fully saturated rings. The average Bonchev–Trinajstić information content (AvgIpc) is 3.18. The second kappa shape index (κ2) is 27.5. The minimum Gasteiger partial charge on any atom is -0.0654 e. The SMILES string of the molecule is CCCCCCCCCCCCCCCCCCc1cc(C)c2ccc3c(C)cc(CCCCCCCCCCCCCCCCCC)c4ccc1c2c34. The van der Waals surface area contributed by atoms with Crippen LogP contribution in [-0.4, -0.2) is 0 Å². The fraction of sp³-hybridized carbons (Fsp3) is 0.704. The van der Waals surface area contributed by atoms with Gasteiger partial charge in [0.1, 0.15) is 0 Å². The smallest absolute Gasteiger partial charge is 0.00212 e. The lowest BCUT2D eigenvalue weighted by Gasteiger charge is -2.19. The van der Waals surface area contributed by atoms with Gasteiger partial charge in [0.25, 0.3) is 0 Å². The van der Waals surface area contributed by atoms with Crippen molar-refractivity contribution in [2.75, 3.05) is 0 Å². The second-order valence-corrected chi connectivity index (χ2v) is 17.9. The number of hydrogen-bond acceptors (Lipinski definition) is 0. The average molecular weight is 735 g/mol. The Bertz CT molecular complexity index is 1410. The van der Waals surface area contributed by atoms with Crippen molar-refractivity contribution >= 4 is 32.3 Å². The molecule has 54 heavy (non-hydrogen) atoms. The molecule has 0 atom stereocenters. The molecule has 0 aliphatic heterocycles. The van der Waals surface area contributed by atoms with Crippen LogP contribution in [-0.2, 0) is 12.8 Å². The zero-order valence-electron chi connectivity index (χ0n) is 36.5. The Morgan fingerprint density at radius 3 is 0.759 bits per heavy atom. The van der Waals surface area contributed by atoms with Gasteiger partial charge in [-0.1, -0.05) is 243 Å². The van der Waals surface area contributed by atoms with Crippen LogP contribution in [0.25, 0.3) is 32.3 Å². The number of unbranched alkanes of at least 4 members (excludes halogenated alkanes) is 30. The Hall–Kier alpha value is -2.08. The molecule has 4 aromatic carbocycles. The molecule has 0 nitrogen and oxygen atoms in total. The predicted molar refractivity (Wildman–Crippen MR) is 246 cm³/mol. The van der Waals surface area contributed by atoms with Crippen molar-refractivity contribution in [1.82, 2.24) is 0 Å². The van der Waals surface area contributed by atoms with Crippen molar-refractivity contribution in [2.45, 2.75) is 246 Å². The summed E-state index contributed by atoms with van der Waals surface area (Å²) in [4.78, 5) is 0. The van der Waals surface area contributed by atoms with Crippen molar-refractivity contribution in [2.24, 2.45) is 0 Å². The first-order valence-electron chi connectivity index (χ1n) is 24.3. The second-order valence-electron chi connectivity index (χ2n) is 17.9. The Morgan fingerprint density at radius 1 is 0.278 bits per heavy atom. The van der Waals surface area contributed by atoms with Gasteiger partial charge in [0.05, 0.1) is 0 Å². The molecule has 4 rings (SSSR count). The molecule has 0 heteroatoms. The molecule has 0 unspecified atom stereocenters. The molecule has 0 saturated carbocycles. The van der Waals surface area contributed by atoms with E-state index in [0.29, 0.717) is 0 Å². The maximum atomic E-state index is 2.53. The maximum absolute atomic E-state index is 2.53. The highest BCUT2D eigenvalue weighted by atomic mass is 14.2. The molecule has 0 saturated heterocycles. The van der Waals surface area contributed by atoms with E-state index in [0.717, 1.165) is 0 Å². The molecular formula is C54H86. The lowest BCUT2D eigenvalue weighted by Crippen LogP contribution is -1.97. The summed E-state index contributed by atoms with van der Waals surface area (Å²) in [5.74, 6) is 0. The van der Waals surface area contributed by atoms with Crippen LogP contribution in [0, 0.1) is 13.8 Å². The Labute approximate surface area is 335 Å². The van der Waals surface area contributed by atoms with Crippen LogP contribution in [0.4, 0.5) is 0 Å². The summed E-state index contributed by atoms with van der Waals surface area (Å²) >= 11 is 0. The quantitative estimate of drug-likeness (QED) is 0.0331. The predicted octanol–water partition coefficient (Wildman–Crippen LogP) is 18.8. The minimum atomic E-state index is 1.22. The highest BCUT2D eigenvalue weighted by Crippen LogP contribution is 2.41. The molecule has 0 aliphatic rings. The van der Waals surface area contributed by atoms with E-state index in [1.807, 2.05) is 0 Å². The van der Waals surface area contributed by atoms with Crippen LogP contribution in [0.15, 0.2) is 36.4 Å². The monoisotopic (exact) mass is 735 g/mol. The van der Waals surface area contributed by atoms with E-state index >= 15 is 0 Å². The van der Waals surface area contributed by atoms with Crippen LogP contribution >= 0.6 is 0 Å². The number of hydrogen-bond donors (Lipinski definition) is 0. The minimum absolute atomic E-state index is 1.22. The van der Waals surface area contributed by atoms with Crippen LogP contribution in [0.2, 0.25) is 0 Å². The third-order valence-electron chi connectivity index (χ3n) is 13.1. The maximum Gasteiger partial charge on any atom is -0.00212 e. The van der Waals surface area contributed by atoms with Crippen LogP contribution in [0.1, 0.15) is 242 Å². The van der Waals surface area contributed by atoms with Gasteiger partial charge in [-0.05, 0) is 94.1 Å². The van der Waals surface area contributed by atoms with Gasteiger partial charge in [0, 0.05) is 0 Å². The first-order valence-corrected chi connectivity index (χ1v) is 24.3. The summed E-state index contributed by atoms with van der Waals surface area (Å²) in [5.41, 5.74) is 6.09. The van der Waals surface area contributed by atoms with Gasteiger partial charge < -0.3 is 0 Å². The molecule has 0 aliphatic carbocycles. The largest absolute Gasteiger partial charge is 0.0654 e. The van der Waals surface area contributed by atoms with Gasteiger partial charge in [-0.25, -0.2) is 0 Å². The Morgan fingerprint density at radius 2 is 0.500 bits per heavy atom. The van der Waals surface area contributed by atoms with E-state index in [1.165, 1.54) is 251 Å². The molecule has 0 radical (unpaired) electrons. The first kappa shape index (κ1) is 44.6. The molecule has 0 aromatic heterocycles.